The molecule has 46 heavy (non-hydrogen) atoms. The van der Waals surface area contributed by atoms with Crippen LogP contribution in [0.4, 0.5) is 11.4 Å². The third-order valence-electron chi connectivity index (χ3n) is 9.01. The van der Waals surface area contributed by atoms with Gasteiger partial charge in [0.2, 0.25) is 0 Å². The van der Waals surface area contributed by atoms with Crippen molar-refractivity contribution in [3.63, 3.8) is 0 Å². The van der Waals surface area contributed by atoms with Gasteiger partial charge in [0, 0.05) is 33.6 Å². The van der Waals surface area contributed by atoms with Gasteiger partial charge in [-0.2, -0.15) is 0 Å². The van der Waals surface area contributed by atoms with Crippen LogP contribution in [0.2, 0.25) is 0 Å². The van der Waals surface area contributed by atoms with Gasteiger partial charge < -0.3 is 11.5 Å². The summed E-state index contributed by atoms with van der Waals surface area (Å²) in [6.07, 6.45) is 0. The maximum Gasteiger partial charge on any atom is 0.0400 e. The van der Waals surface area contributed by atoms with E-state index in [4.69, 9.17) is 11.5 Å². The lowest BCUT2D eigenvalue weighted by molar-refractivity contribution is 1.55. The van der Waals surface area contributed by atoms with Gasteiger partial charge in [0.05, 0.1) is 0 Å². The zero-order valence-electron chi connectivity index (χ0n) is 25.3. The first-order valence-corrected chi connectivity index (χ1v) is 15.6. The van der Waals surface area contributed by atoms with Crippen LogP contribution in [0.5, 0.6) is 0 Å². The second-order valence-corrected chi connectivity index (χ2v) is 11.7. The Hall–Kier alpha value is -6.12. The molecule has 0 saturated heterocycles. The van der Waals surface area contributed by atoms with Crippen LogP contribution < -0.4 is 11.5 Å². The van der Waals surface area contributed by atoms with Crippen molar-refractivity contribution < 1.29 is 0 Å². The minimum absolute atomic E-state index is 0.739. The molecule has 0 heterocycles. The van der Waals surface area contributed by atoms with Crippen LogP contribution in [0.15, 0.2) is 170 Å². The minimum Gasteiger partial charge on any atom is -0.398 e. The van der Waals surface area contributed by atoms with E-state index in [1.807, 2.05) is 12.1 Å². The summed E-state index contributed by atoms with van der Waals surface area (Å²) in [5.41, 5.74) is 26.2. The highest BCUT2D eigenvalue weighted by atomic mass is 14.6. The second-order valence-electron chi connectivity index (χ2n) is 11.7. The Kier molecular flexibility index (Phi) is 6.81. The highest BCUT2D eigenvalue weighted by molar-refractivity contribution is 6.13. The molecule has 0 spiro atoms. The van der Waals surface area contributed by atoms with Crippen molar-refractivity contribution in [2.75, 3.05) is 11.5 Å². The maximum absolute atomic E-state index is 6.93. The van der Waals surface area contributed by atoms with Crippen LogP contribution >= 0.6 is 0 Å². The average Bonchev–Trinajstić information content (AvgIpc) is 3.12. The van der Waals surface area contributed by atoms with Crippen molar-refractivity contribution in [2.45, 2.75) is 0 Å². The predicted octanol–water partition coefficient (Wildman–Crippen LogP) is 11.5. The maximum atomic E-state index is 6.93. The molecule has 8 rings (SSSR count). The summed E-state index contributed by atoms with van der Waals surface area (Å²) in [4.78, 5) is 0. The van der Waals surface area contributed by atoms with Gasteiger partial charge in [0.25, 0.3) is 0 Å². The lowest BCUT2D eigenvalue weighted by Crippen LogP contribution is -2.01. The summed E-state index contributed by atoms with van der Waals surface area (Å²) < 4.78 is 0. The zero-order valence-corrected chi connectivity index (χ0v) is 25.3. The lowest BCUT2D eigenvalue weighted by atomic mass is 9.80. The van der Waals surface area contributed by atoms with E-state index in [0.717, 1.165) is 67.0 Å². The van der Waals surface area contributed by atoms with E-state index in [1.54, 1.807) is 0 Å². The van der Waals surface area contributed by atoms with Gasteiger partial charge in [0.1, 0.15) is 0 Å². The van der Waals surface area contributed by atoms with E-state index in [9.17, 15) is 0 Å². The first-order chi connectivity index (χ1) is 22.7. The number of anilines is 2. The molecule has 4 N–H and O–H groups in total. The molecule has 0 aliphatic carbocycles. The van der Waals surface area contributed by atoms with Gasteiger partial charge in [-0.3, -0.25) is 0 Å². The van der Waals surface area contributed by atoms with Gasteiger partial charge in [-0.25, -0.2) is 0 Å². The van der Waals surface area contributed by atoms with E-state index in [2.05, 4.69) is 158 Å². The van der Waals surface area contributed by atoms with Crippen molar-refractivity contribution in [3.05, 3.63) is 170 Å². The van der Waals surface area contributed by atoms with Gasteiger partial charge in [-0.1, -0.05) is 158 Å². The normalized spacial score (nSPS) is 11.2. The van der Waals surface area contributed by atoms with Crippen LogP contribution in [0.1, 0.15) is 0 Å². The molecule has 0 fully saturated rings. The van der Waals surface area contributed by atoms with Crippen LogP contribution in [0.25, 0.3) is 77.2 Å². The number of nitrogens with two attached hydrogens (primary N) is 2. The third-order valence-corrected chi connectivity index (χ3v) is 9.01. The van der Waals surface area contributed by atoms with E-state index < -0.39 is 0 Å². The molecule has 0 aliphatic rings. The number of nitrogen functional groups attached to an aromatic ring is 2. The molecular formula is C44H32N2. The third kappa shape index (κ3) is 4.60. The topological polar surface area (TPSA) is 52.0 Å². The van der Waals surface area contributed by atoms with E-state index in [0.29, 0.717) is 0 Å². The van der Waals surface area contributed by atoms with Crippen molar-refractivity contribution in [1.29, 1.82) is 0 Å². The highest BCUT2D eigenvalue weighted by Crippen LogP contribution is 2.51. The quantitative estimate of drug-likeness (QED) is 0.197. The largest absolute Gasteiger partial charge is 0.398 e. The summed E-state index contributed by atoms with van der Waals surface area (Å²) in [6, 6.07) is 59.7. The predicted molar refractivity (Wildman–Crippen MR) is 197 cm³/mol. The molecule has 0 radical (unpaired) electrons. The molecule has 0 bridgehead atoms. The number of hydrogen-bond donors (Lipinski definition) is 2. The lowest BCUT2D eigenvalue weighted by Gasteiger charge is -2.24. The minimum atomic E-state index is 0.739. The van der Waals surface area contributed by atoms with Crippen LogP contribution in [-0.4, -0.2) is 0 Å². The first kappa shape index (κ1) is 27.4. The van der Waals surface area contributed by atoms with Crippen LogP contribution in [0, 0.1) is 0 Å². The van der Waals surface area contributed by atoms with Crippen molar-refractivity contribution in [1.82, 2.24) is 0 Å². The van der Waals surface area contributed by atoms with Crippen molar-refractivity contribution in [3.8, 4) is 55.6 Å². The fourth-order valence-corrected chi connectivity index (χ4v) is 6.96. The SMILES string of the molecule is Nc1ccc(-c2ccc(N)c(-c3ccccc3)c2-c2cccc3ccccc23)c(-c2cccc3ccccc23)c1-c1ccccc1. The Morgan fingerprint density at radius 1 is 0.261 bits per heavy atom. The van der Waals surface area contributed by atoms with Crippen molar-refractivity contribution >= 4 is 32.9 Å². The summed E-state index contributed by atoms with van der Waals surface area (Å²) >= 11 is 0. The highest BCUT2D eigenvalue weighted by Gasteiger charge is 2.24. The molecule has 0 aliphatic heterocycles. The second kappa shape index (κ2) is 11.4. The van der Waals surface area contributed by atoms with Crippen LogP contribution in [-0.2, 0) is 0 Å². The molecule has 0 saturated carbocycles. The molecule has 0 aromatic heterocycles. The Balaban J connectivity index is 1.56. The summed E-state index contributed by atoms with van der Waals surface area (Å²) in [7, 11) is 0. The van der Waals surface area contributed by atoms with Gasteiger partial charge >= 0.3 is 0 Å². The van der Waals surface area contributed by atoms with Crippen molar-refractivity contribution in [2.24, 2.45) is 0 Å². The smallest absolute Gasteiger partial charge is 0.0400 e. The van der Waals surface area contributed by atoms with Crippen LogP contribution in [0.3, 0.4) is 0 Å². The molecule has 8 aromatic carbocycles. The molecule has 0 amide bonds. The zero-order chi connectivity index (χ0) is 31.0. The number of benzene rings is 8. The molecule has 0 unspecified atom stereocenters. The number of hydrogen-bond acceptors (Lipinski definition) is 2. The number of fused-ring (bicyclic) bond motifs is 2. The monoisotopic (exact) mass is 588 g/mol. The van der Waals surface area contributed by atoms with Gasteiger partial charge in [-0.05, 0) is 67.1 Å². The molecule has 218 valence electrons. The molecular weight excluding hydrogens is 556 g/mol. The summed E-state index contributed by atoms with van der Waals surface area (Å²) in [5.74, 6) is 0. The summed E-state index contributed by atoms with van der Waals surface area (Å²) in [6.45, 7) is 0. The molecule has 2 nitrogen and oxygen atoms in total. The van der Waals surface area contributed by atoms with Gasteiger partial charge in [0.15, 0.2) is 0 Å². The molecule has 0 atom stereocenters. The Bertz CT molecular complexity index is 2190. The fourth-order valence-electron chi connectivity index (χ4n) is 6.96. The molecule has 2 heteroatoms. The Morgan fingerprint density at radius 2 is 0.630 bits per heavy atom. The van der Waals surface area contributed by atoms with E-state index in [-0.39, 0.29) is 0 Å². The van der Waals surface area contributed by atoms with Gasteiger partial charge in [-0.15, -0.1) is 0 Å². The Morgan fingerprint density at radius 3 is 1.07 bits per heavy atom. The Labute approximate surface area is 269 Å². The number of rotatable bonds is 5. The standard InChI is InChI=1S/C44H32N2/c45-39-27-25-37(43(41(39)31-15-3-1-4-16-31)35-23-11-19-29-13-7-9-21-33(29)35)38-26-28-40(46)42(32-17-5-2-6-18-32)44(38)36-24-12-20-30-14-8-10-22-34(30)36/h1-28H,45-46H2. The van der Waals surface area contributed by atoms with E-state index >= 15 is 0 Å². The van der Waals surface area contributed by atoms with E-state index in [1.165, 1.54) is 21.5 Å². The first-order valence-electron chi connectivity index (χ1n) is 15.6. The average molecular weight is 589 g/mol. The fraction of sp³-hybridized carbons (Fsp3) is 0. The summed E-state index contributed by atoms with van der Waals surface area (Å²) in [5, 5.41) is 4.73. The molecule has 8 aromatic rings.